The van der Waals surface area contributed by atoms with Gasteiger partial charge in [-0.05, 0) is 34.1 Å². The highest BCUT2D eigenvalue weighted by Crippen LogP contribution is 2.25. The second-order valence-corrected chi connectivity index (χ2v) is 4.42. The molecule has 1 amide bonds. The van der Waals surface area contributed by atoms with Gasteiger partial charge >= 0.3 is 0 Å². The minimum atomic E-state index is -0.701. The van der Waals surface area contributed by atoms with E-state index in [0.29, 0.717) is 15.2 Å². The molecular weight excluding hydrogens is 291 g/mol. The molecule has 84 valence electrons. The molecular formula is C11H10BrClN2O. The summed E-state index contributed by atoms with van der Waals surface area (Å²) < 4.78 is 0.696. The predicted octanol–water partition coefficient (Wildman–Crippen LogP) is 2.39. The number of anilines is 1. The maximum Gasteiger partial charge on any atom is 0.242 e. The van der Waals surface area contributed by atoms with E-state index in [4.69, 9.17) is 23.8 Å². The van der Waals surface area contributed by atoms with E-state index in [1.54, 1.807) is 18.2 Å². The van der Waals surface area contributed by atoms with Crippen molar-refractivity contribution < 1.29 is 4.79 Å². The molecule has 0 radical (unpaired) electrons. The van der Waals surface area contributed by atoms with Gasteiger partial charge in [-0.25, -0.2) is 0 Å². The third kappa shape index (κ3) is 3.53. The van der Waals surface area contributed by atoms with Crippen molar-refractivity contribution in [3.63, 3.8) is 0 Å². The Balaban J connectivity index is 2.74. The van der Waals surface area contributed by atoms with E-state index < -0.39 is 6.04 Å². The van der Waals surface area contributed by atoms with E-state index >= 15 is 0 Å². The quantitative estimate of drug-likeness (QED) is 0.842. The first-order chi connectivity index (χ1) is 7.54. The number of nitrogens with one attached hydrogen (secondary N) is 1. The number of carbonyl (C=O) groups is 1. The Hall–Kier alpha value is -1.02. The van der Waals surface area contributed by atoms with Gasteiger partial charge in [0.2, 0.25) is 5.91 Å². The van der Waals surface area contributed by atoms with Crippen LogP contribution >= 0.6 is 27.5 Å². The summed E-state index contributed by atoms with van der Waals surface area (Å²) >= 11 is 9.06. The van der Waals surface area contributed by atoms with Gasteiger partial charge in [-0.2, -0.15) is 0 Å². The van der Waals surface area contributed by atoms with Gasteiger partial charge in [0.1, 0.15) is 0 Å². The Morgan fingerprint density at radius 2 is 2.38 bits per heavy atom. The fraction of sp³-hybridized carbons (Fsp3) is 0.182. The van der Waals surface area contributed by atoms with E-state index in [-0.39, 0.29) is 12.3 Å². The van der Waals surface area contributed by atoms with Crippen molar-refractivity contribution in [2.24, 2.45) is 5.73 Å². The van der Waals surface area contributed by atoms with E-state index in [0.717, 1.165) is 0 Å². The molecule has 0 fully saturated rings. The van der Waals surface area contributed by atoms with Gasteiger partial charge in [0.05, 0.1) is 11.7 Å². The summed E-state index contributed by atoms with van der Waals surface area (Å²) in [5.74, 6) is 2.02. The number of hydrogen-bond acceptors (Lipinski definition) is 2. The molecule has 1 rings (SSSR count). The first-order valence-electron chi connectivity index (χ1n) is 4.49. The summed E-state index contributed by atoms with van der Waals surface area (Å²) in [4.78, 5) is 11.6. The second kappa shape index (κ2) is 5.90. The molecule has 1 aromatic carbocycles. The van der Waals surface area contributed by atoms with Gasteiger partial charge in [-0.1, -0.05) is 11.6 Å². The molecule has 16 heavy (non-hydrogen) atoms. The third-order valence-electron chi connectivity index (χ3n) is 1.86. The molecule has 5 heteroatoms. The number of halogens is 2. The van der Waals surface area contributed by atoms with Crippen LogP contribution in [0.25, 0.3) is 0 Å². The Morgan fingerprint density at radius 3 is 2.94 bits per heavy atom. The van der Waals surface area contributed by atoms with Gasteiger partial charge in [0.15, 0.2) is 0 Å². The number of rotatable bonds is 3. The Bertz CT molecular complexity index is 442. The molecule has 0 saturated carbocycles. The summed E-state index contributed by atoms with van der Waals surface area (Å²) in [6.45, 7) is 0. The van der Waals surface area contributed by atoms with Crippen LogP contribution in [0.2, 0.25) is 5.02 Å². The maximum atomic E-state index is 11.6. The Labute approximate surface area is 107 Å². The normalized spacial score (nSPS) is 11.6. The zero-order valence-electron chi connectivity index (χ0n) is 8.34. The average Bonchev–Trinajstić information content (AvgIpc) is 2.22. The Morgan fingerprint density at radius 1 is 1.69 bits per heavy atom. The molecule has 0 aliphatic carbocycles. The molecule has 0 saturated heterocycles. The van der Waals surface area contributed by atoms with Gasteiger partial charge in [0, 0.05) is 15.9 Å². The predicted molar refractivity (Wildman–Crippen MR) is 69.2 cm³/mol. The number of carbonyl (C=O) groups excluding carboxylic acids is 1. The summed E-state index contributed by atoms with van der Waals surface area (Å²) in [5.41, 5.74) is 6.17. The van der Waals surface area contributed by atoms with Gasteiger partial charge in [0.25, 0.3) is 0 Å². The van der Waals surface area contributed by atoms with Crippen molar-refractivity contribution >= 4 is 39.1 Å². The monoisotopic (exact) mass is 300 g/mol. The van der Waals surface area contributed by atoms with Crippen molar-refractivity contribution in [2.75, 3.05) is 5.32 Å². The topological polar surface area (TPSA) is 55.1 Å². The van der Waals surface area contributed by atoms with E-state index in [1.165, 1.54) is 0 Å². The molecule has 3 nitrogen and oxygen atoms in total. The number of terminal acetylenes is 1. The smallest absolute Gasteiger partial charge is 0.242 e. The van der Waals surface area contributed by atoms with Gasteiger partial charge in [-0.15, -0.1) is 12.3 Å². The molecule has 0 bridgehead atoms. The zero-order valence-corrected chi connectivity index (χ0v) is 10.7. The van der Waals surface area contributed by atoms with Crippen LogP contribution in [0.4, 0.5) is 5.69 Å². The number of benzene rings is 1. The lowest BCUT2D eigenvalue weighted by Gasteiger charge is -2.11. The van der Waals surface area contributed by atoms with E-state index in [2.05, 4.69) is 27.2 Å². The van der Waals surface area contributed by atoms with Crippen LogP contribution < -0.4 is 11.1 Å². The zero-order chi connectivity index (χ0) is 12.1. The molecule has 0 aliphatic rings. The highest BCUT2D eigenvalue weighted by molar-refractivity contribution is 9.10. The number of nitrogens with two attached hydrogens (primary N) is 1. The fourth-order valence-electron chi connectivity index (χ4n) is 1.04. The van der Waals surface area contributed by atoms with E-state index in [9.17, 15) is 4.79 Å². The van der Waals surface area contributed by atoms with Crippen LogP contribution in [0.1, 0.15) is 6.42 Å². The molecule has 0 aliphatic heterocycles. The van der Waals surface area contributed by atoms with Crippen LogP contribution in [-0.2, 0) is 4.79 Å². The fourth-order valence-corrected chi connectivity index (χ4v) is 1.82. The average molecular weight is 302 g/mol. The van der Waals surface area contributed by atoms with Gasteiger partial charge < -0.3 is 11.1 Å². The summed E-state index contributed by atoms with van der Waals surface area (Å²) in [6.07, 6.45) is 5.28. The van der Waals surface area contributed by atoms with Crippen molar-refractivity contribution in [3.05, 3.63) is 27.7 Å². The summed E-state index contributed by atoms with van der Waals surface area (Å²) in [6, 6.07) is 4.35. The van der Waals surface area contributed by atoms with Crippen molar-refractivity contribution in [3.8, 4) is 12.3 Å². The highest BCUT2D eigenvalue weighted by atomic mass is 79.9. The van der Waals surface area contributed by atoms with Crippen LogP contribution in [0, 0.1) is 12.3 Å². The van der Waals surface area contributed by atoms with Crippen molar-refractivity contribution in [1.82, 2.24) is 0 Å². The summed E-state index contributed by atoms with van der Waals surface area (Å²) in [5, 5.41) is 3.24. The van der Waals surface area contributed by atoms with Crippen LogP contribution in [0.15, 0.2) is 22.7 Å². The highest BCUT2D eigenvalue weighted by Gasteiger charge is 2.13. The molecule has 1 atom stereocenters. The maximum absolute atomic E-state index is 11.6. The lowest BCUT2D eigenvalue weighted by Crippen LogP contribution is -2.35. The number of hydrogen-bond donors (Lipinski definition) is 2. The number of amides is 1. The van der Waals surface area contributed by atoms with E-state index in [1.807, 2.05) is 0 Å². The first kappa shape index (κ1) is 13.0. The third-order valence-corrected chi connectivity index (χ3v) is 2.75. The standard InChI is InChI=1S/C11H10BrClN2O/c1-2-3-9(14)11(16)15-10-5-4-7(13)6-8(10)12/h1,4-6,9H,3,14H2,(H,15,16). The van der Waals surface area contributed by atoms with Crippen molar-refractivity contribution in [2.45, 2.75) is 12.5 Å². The van der Waals surface area contributed by atoms with Crippen LogP contribution in [-0.4, -0.2) is 11.9 Å². The van der Waals surface area contributed by atoms with Crippen LogP contribution in [0.5, 0.6) is 0 Å². The first-order valence-corrected chi connectivity index (χ1v) is 5.66. The SMILES string of the molecule is C#CCC(N)C(=O)Nc1ccc(Cl)cc1Br. The minimum absolute atomic E-state index is 0.205. The van der Waals surface area contributed by atoms with Crippen LogP contribution in [0.3, 0.4) is 0 Å². The molecule has 3 N–H and O–H groups in total. The molecule has 0 spiro atoms. The summed E-state index contributed by atoms with van der Waals surface area (Å²) in [7, 11) is 0. The second-order valence-electron chi connectivity index (χ2n) is 3.13. The molecule has 0 aromatic heterocycles. The molecule has 0 heterocycles. The van der Waals surface area contributed by atoms with Gasteiger partial charge in [-0.3, -0.25) is 4.79 Å². The lowest BCUT2D eigenvalue weighted by atomic mass is 10.2. The van der Waals surface area contributed by atoms with Crippen molar-refractivity contribution in [1.29, 1.82) is 0 Å². The molecule has 1 unspecified atom stereocenters. The lowest BCUT2D eigenvalue weighted by molar-refractivity contribution is -0.117. The minimum Gasteiger partial charge on any atom is -0.324 e. The Kier molecular flexibility index (Phi) is 4.81. The largest absolute Gasteiger partial charge is 0.324 e. The molecule has 1 aromatic rings.